The highest BCUT2D eigenvalue weighted by molar-refractivity contribution is 9.10. The molecule has 0 unspecified atom stereocenters. The highest BCUT2D eigenvalue weighted by Gasteiger charge is 2.08. The predicted molar refractivity (Wildman–Crippen MR) is 99.3 cm³/mol. The Labute approximate surface area is 151 Å². The minimum atomic E-state index is -0.141. The number of hydrogen-bond donors (Lipinski definition) is 1. The normalized spacial score (nSPS) is 10.9. The van der Waals surface area contributed by atoms with Gasteiger partial charge in [0.2, 0.25) is 10.1 Å². The summed E-state index contributed by atoms with van der Waals surface area (Å²) >= 11 is 4.77. The van der Waals surface area contributed by atoms with Gasteiger partial charge in [0.05, 0.1) is 6.54 Å². The number of anilines is 1. The summed E-state index contributed by atoms with van der Waals surface area (Å²) in [7, 11) is 0. The van der Waals surface area contributed by atoms with Crippen molar-refractivity contribution in [1.29, 1.82) is 0 Å². The van der Waals surface area contributed by atoms with E-state index in [1.54, 1.807) is 6.07 Å². The fourth-order valence-corrected chi connectivity index (χ4v) is 3.42. The van der Waals surface area contributed by atoms with Crippen molar-refractivity contribution in [3.63, 3.8) is 0 Å². The summed E-state index contributed by atoms with van der Waals surface area (Å²) in [5.41, 5.74) is 0.675. The molecule has 0 spiro atoms. The number of aryl methyl sites for hydroxylation is 1. The van der Waals surface area contributed by atoms with Crippen LogP contribution in [0.2, 0.25) is 0 Å². The zero-order chi connectivity index (χ0) is 16.9. The van der Waals surface area contributed by atoms with E-state index in [-0.39, 0.29) is 5.56 Å². The van der Waals surface area contributed by atoms with Gasteiger partial charge in [0.1, 0.15) is 12.4 Å². The monoisotopic (exact) mass is 408 g/mol. The molecule has 0 atom stereocenters. The molecule has 2 heterocycles. The first-order valence-electron chi connectivity index (χ1n) is 7.68. The summed E-state index contributed by atoms with van der Waals surface area (Å²) < 4.78 is 7.97. The lowest BCUT2D eigenvalue weighted by molar-refractivity contribution is 0.332. The van der Waals surface area contributed by atoms with E-state index in [0.29, 0.717) is 23.2 Å². The summed E-state index contributed by atoms with van der Waals surface area (Å²) in [6.45, 7) is 3.15. The van der Waals surface area contributed by atoms with Crippen LogP contribution in [-0.2, 0) is 6.42 Å². The number of fused-ring (bicyclic) bond motifs is 1. The molecule has 0 saturated carbocycles. The van der Waals surface area contributed by atoms with Crippen LogP contribution in [0, 0.1) is 0 Å². The number of halogens is 1. The zero-order valence-electron chi connectivity index (χ0n) is 13.2. The molecule has 3 rings (SSSR count). The molecule has 1 N–H and O–H groups in total. The number of aromatic nitrogens is 3. The molecule has 1 aromatic carbocycles. The Balaban J connectivity index is 1.61. The van der Waals surface area contributed by atoms with Gasteiger partial charge in [0.25, 0.3) is 5.56 Å². The zero-order valence-corrected chi connectivity index (χ0v) is 15.6. The van der Waals surface area contributed by atoms with Crippen molar-refractivity contribution in [2.24, 2.45) is 0 Å². The van der Waals surface area contributed by atoms with E-state index in [0.717, 1.165) is 28.8 Å². The standard InChI is InChI=1S/C16H17BrN4O2S/c1-2-4-12-10-14(22)21-16(19-12)24-15(20-21)18-7-8-23-13-6-3-5-11(17)9-13/h3,5-6,9-10H,2,4,7-8H2,1H3,(H,18,20). The first-order chi connectivity index (χ1) is 11.7. The van der Waals surface area contributed by atoms with E-state index in [1.807, 2.05) is 24.3 Å². The lowest BCUT2D eigenvalue weighted by atomic mass is 10.2. The molecule has 126 valence electrons. The summed E-state index contributed by atoms with van der Waals surface area (Å²) in [6.07, 6.45) is 1.76. The van der Waals surface area contributed by atoms with E-state index in [9.17, 15) is 4.79 Å². The summed E-state index contributed by atoms with van der Waals surface area (Å²) in [6, 6.07) is 9.24. The molecule has 0 aliphatic rings. The van der Waals surface area contributed by atoms with Crippen molar-refractivity contribution < 1.29 is 4.74 Å². The second kappa shape index (κ2) is 7.76. The molecule has 0 saturated heterocycles. The lowest BCUT2D eigenvalue weighted by Gasteiger charge is -2.06. The van der Waals surface area contributed by atoms with Crippen molar-refractivity contribution in [2.75, 3.05) is 18.5 Å². The van der Waals surface area contributed by atoms with Gasteiger partial charge >= 0.3 is 0 Å². The number of benzene rings is 1. The van der Waals surface area contributed by atoms with Gasteiger partial charge in [-0.05, 0) is 24.6 Å². The van der Waals surface area contributed by atoms with Crippen molar-refractivity contribution >= 4 is 37.4 Å². The Morgan fingerprint density at radius 1 is 1.38 bits per heavy atom. The van der Waals surface area contributed by atoms with Crippen LogP contribution in [0.3, 0.4) is 0 Å². The van der Waals surface area contributed by atoms with Crippen LogP contribution >= 0.6 is 27.3 Å². The third-order valence-electron chi connectivity index (χ3n) is 3.25. The topological polar surface area (TPSA) is 68.5 Å². The number of rotatable bonds is 7. The molecule has 0 aliphatic heterocycles. The molecular weight excluding hydrogens is 392 g/mol. The van der Waals surface area contributed by atoms with Gasteiger partial charge < -0.3 is 10.1 Å². The Morgan fingerprint density at radius 2 is 2.25 bits per heavy atom. The smallest absolute Gasteiger partial charge is 0.275 e. The largest absolute Gasteiger partial charge is 0.492 e. The van der Waals surface area contributed by atoms with E-state index in [4.69, 9.17) is 4.74 Å². The third-order valence-corrected chi connectivity index (χ3v) is 4.61. The minimum Gasteiger partial charge on any atom is -0.492 e. The average Bonchev–Trinajstić information content (AvgIpc) is 2.96. The maximum absolute atomic E-state index is 12.0. The van der Waals surface area contributed by atoms with Crippen LogP contribution in [0.25, 0.3) is 4.96 Å². The molecule has 2 aromatic heterocycles. The van der Waals surface area contributed by atoms with E-state index >= 15 is 0 Å². The number of nitrogens with zero attached hydrogens (tertiary/aromatic N) is 3. The molecule has 0 aliphatic carbocycles. The lowest BCUT2D eigenvalue weighted by Crippen LogP contribution is -2.16. The molecule has 0 bridgehead atoms. The second-order valence-corrected chi connectivity index (χ2v) is 7.04. The Kier molecular flexibility index (Phi) is 5.47. The van der Waals surface area contributed by atoms with Crippen LogP contribution in [-0.4, -0.2) is 27.7 Å². The first kappa shape index (κ1) is 16.9. The molecule has 0 radical (unpaired) electrons. The van der Waals surface area contributed by atoms with Crippen molar-refractivity contribution in [3.8, 4) is 5.75 Å². The van der Waals surface area contributed by atoms with Crippen molar-refractivity contribution in [1.82, 2.24) is 14.6 Å². The minimum absolute atomic E-state index is 0.141. The Hall–Kier alpha value is -1.93. The quantitative estimate of drug-likeness (QED) is 0.607. The van der Waals surface area contributed by atoms with Crippen molar-refractivity contribution in [2.45, 2.75) is 19.8 Å². The van der Waals surface area contributed by atoms with Crippen LogP contribution in [0.15, 0.2) is 39.6 Å². The predicted octanol–water partition coefficient (Wildman–Crippen LogP) is 3.36. The fraction of sp³-hybridized carbons (Fsp3) is 0.312. The second-order valence-electron chi connectivity index (χ2n) is 5.17. The first-order valence-corrected chi connectivity index (χ1v) is 9.28. The fourth-order valence-electron chi connectivity index (χ4n) is 2.20. The molecule has 3 aromatic rings. The Morgan fingerprint density at radius 3 is 3.04 bits per heavy atom. The molecule has 0 fully saturated rings. The van der Waals surface area contributed by atoms with Gasteiger partial charge in [-0.1, -0.05) is 46.7 Å². The molecule has 8 heteroatoms. The van der Waals surface area contributed by atoms with Crippen LogP contribution in [0.4, 0.5) is 5.13 Å². The average molecular weight is 409 g/mol. The summed E-state index contributed by atoms with van der Waals surface area (Å²) in [5, 5.41) is 8.09. The van der Waals surface area contributed by atoms with Crippen LogP contribution < -0.4 is 15.6 Å². The van der Waals surface area contributed by atoms with E-state index in [2.05, 4.69) is 38.3 Å². The van der Waals surface area contributed by atoms with Gasteiger partial charge in [0.15, 0.2) is 0 Å². The molecule has 0 amide bonds. The summed E-state index contributed by atoms with van der Waals surface area (Å²) in [4.78, 5) is 17.1. The molecule has 24 heavy (non-hydrogen) atoms. The number of nitrogens with one attached hydrogen (secondary N) is 1. The highest BCUT2D eigenvalue weighted by Crippen LogP contribution is 2.18. The van der Waals surface area contributed by atoms with Gasteiger partial charge in [-0.25, -0.2) is 4.98 Å². The number of ether oxygens (including phenoxy) is 1. The van der Waals surface area contributed by atoms with Gasteiger partial charge in [0, 0.05) is 16.2 Å². The van der Waals surface area contributed by atoms with Gasteiger partial charge in [-0.15, -0.1) is 5.10 Å². The maximum Gasteiger partial charge on any atom is 0.275 e. The third kappa shape index (κ3) is 4.12. The summed E-state index contributed by atoms with van der Waals surface area (Å²) in [5.74, 6) is 0.803. The van der Waals surface area contributed by atoms with E-state index in [1.165, 1.54) is 15.9 Å². The van der Waals surface area contributed by atoms with Crippen molar-refractivity contribution in [3.05, 3.63) is 50.9 Å². The Bertz CT molecular complexity index is 893. The van der Waals surface area contributed by atoms with Gasteiger partial charge in [-0.2, -0.15) is 4.52 Å². The SMILES string of the molecule is CCCc1cc(=O)n2nc(NCCOc3cccc(Br)c3)sc2n1. The van der Waals surface area contributed by atoms with Gasteiger partial charge in [-0.3, -0.25) is 4.79 Å². The maximum atomic E-state index is 12.0. The highest BCUT2D eigenvalue weighted by atomic mass is 79.9. The van der Waals surface area contributed by atoms with Crippen LogP contribution in [0.1, 0.15) is 19.0 Å². The number of hydrogen-bond acceptors (Lipinski definition) is 6. The van der Waals surface area contributed by atoms with Crippen LogP contribution in [0.5, 0.6) is 5.75 Å². The molecular formula is C16H17BrN4O2S. The van der Waals surface area contributed by atoms with E-state index < -0.39 is 0 Å². The molecule has 6 nitrogen and oxygen atoms in total.